The van der Waals surface area contributed by atoms with Crippen molar-refractivity contribution in [3.05, 3.63) is 48.3 Å². The third-order valence-corrected chi connectivity index (χ3v) is 6.84. The van der Waals surface area contributed by atoms with Crippen LogP contribution in [0.2, 0.25) is 0 Å². The van der Waals surface area contributed by atoms with Crippen LogP contribution in [0, 0.1) is 17.3 Å². The molecule has 0 amide bonds. The van der Waals surface area contributed by atoms with Crippen molar-refractivity contribution in [2.75, 3.05) is 13.1 Å². The van der Waals surface area contributed by atoms with Crippen molar-refractivity contribution in [1.29, 1.82) is 0 Å². The Bertz CT molecular complexity index is 1050. The Labute approximate surface area is 196 Å². The van der Waals surface area contributed by atoms with Gasteiger partial charge in [0.05, 0.1) is 12.2 Å². The van der Waals surface area contributed by atoms with Crippen LogP contribution in [0.15, 0.2) is 57.8 Å². The first kappa shape index (κ1) is 21.7. The number of aromatic nitrogens is 2. The number of benzene rings is 1. The van der Waals surface area contributed by atoms with E-state index in [1.54, 1.807) is 6.20 Å². The summed E-state index contributed by atoms with van der Waals surface area (Å²) < 4.78 is 1.89. The molecule has 0 spiro atoms. The van der Waals surface area contributed by atoms with Crippen LogP contribution >= 0.6 is 0 Å². The standard InChI is InChI=1S/C25H34N8/c1-18-10-14-31(15-11-18)24-29-22-20(25(2,3)4)17-28-33(22)23(30-24)26-16-19-8-5-6-9-21(19)32-13-7-12-27-32/h5-9,12-13,17-18,20,22H,10-11,14-16H2,1-4H3,(H,26,29,30). The molecule has 1 saturated heterocycles. The van der Waals surface area contributed by atoms with Crippen LogP contribution in [0.5, 0.6) is 0 Å². The van der Waals surface area contributed by atoms with Crippen LogP contribution in [0.25, 0.3) is 5.69 Å². The summed E-state index contributed by atoms with van der Waals surface area (Å²) in [5, 5.41) is 14.6. The Morgan fingerprint density at radius 1 is 1.12 bits per heavy atom. The molecule has 174 valence electrons. The molecule has 2 aromatic rings. The fraction of sp³-hybridized carbons (Fsp3) is 0.520. The van der Waals surface area contributed by atoms with Crippen LogP contribution < -0.4 is 5.32 Å². The van der Waals surface area contributed by atoms with E-state index in [0.717, 1.165) is 42.2 Å². The minimum absolute atomic E-state index is 0.0586. The fourth-order valence-electron chi connectivity index (χ4n) is 4.67. The highest BCUT2D eigenvalue weighted by atomic mass is 15.6. The second kappa shape index (κ2) is 8.65. The molecule has 0 aliphatic carbocycles. The first-order valence-corrected chi connectivity index (χ1v) is 12.0. The zero-order valence-corrected chi connectivity index (χ0v) is 20.0. The number of para-hydroxylation sites is 1. The van der Waals surface area contributed by atoms with Crippen LogP contribution in [0.3, 0.4) is 0 Å². The van der Waals surface area contributed by atoms with Crippen LogP contribution in [-0.4, -0.2) is 57.1 Å². The molecule has 5 rings (SSSR count). The number of hydrogen-bond donors (Lipinski definition) is 1. The van der Waals surface area contributed by atoms with E-state index < -0.39 is 0 Å². The van der Waals surface area contributed by atoms with Gasteiger partial charge in [0.2, 0.25) is 11.9 Å². The van der Waals surface area contributed by atoms with Gasteiger partial charge in [0, 0.05) is 37.6 Å². The lowest BCUT2D eigenvalue weighted by Gasteiger charge is -2.40. The zero-order valence-electron chi connectivity index (χ0n) is 20.0. The van der Waals surface area contributed by atoms with Gasteiger partial charge in [0.25, 0.3) is 0 Å². The Hall–Kier alpha value is -3.16. The molecule has 0 radical (unpaired) electrons. The molecule has 1 aromatic heterocycles. The quantitative estimate of drug-likeness (QED) is 0.780. The molecule has 0 saturated carbocycles. The van der Waals surface area contributed by atoms with Gasteiger partial charge in [-0.3, -0.25) is 5.32 Å². The Balaban J connectivity index is 1.45. The summed E-state index contributed by atoms with van der Waals surface area (Å²) in [6.45, 7) is 11.7. The molecule has 33 heavy (non-hydrogen) atoms. The molecular weight excluding hydrogens is 412 g/mol. The molecule has 8 nitrogen and oxygen atoms in total. The normalized spacial score (nSPS) is 24.7. The molecule has 1 fully saturated rings. The van der Waals surface area contributed by atoms with E-state index >= 15 is 0 Å². The number of guanidine groups is 2. The molecule has 1 aromatic carbocycles. The van der Waals surface area contributed by atoms with Crippen molar-refractivity contribution in [3.8, 4) is 5.69 Å². The van der Waals surface area contributed by atoms with Crippen molar-refractivity contribution in [2.45, 2.75) is 53.2 Å². The first-order valence-electron chi connectivity index (χ1n) is 12.0. The summed E-state index contributed by atoms with van der Waals surface area (Å²) in [6.07, 6.45) is 8.12. The van der Waals surface area contributed by atoms with Gasteiger partial charge in [-0.2, -0.15) is 10.2 Å². The average molecular weight is 447 g/mol. The first-order chi connectivity index (χ1) is 15.9. The van der Waals surface area contributed by atoms with Crippen molar-refractivity contribution in [1.82, 2.24) is 25.0 Å². The van der Waals surface area contributed by atoms with E-state index in [0.29, 0.717) is 6.54 Å². The number of likely N-dealkylation sites (tertiary alicyclic amines) is 1. The molecule has 3 aliphatic rings. The van der Waals surface area contributed by atoms with E-state index in [4.69, 9.17) is 15.1 Å². The van der Waals surface area contributed by atoms with Crippen molar-refractivity contribution in [2.24, 2.45) is 32.3 Å². The maximum Gasteiger partial charge on any atom is 0.224 e. The lowest BCUT2D eigenvalue weighted by molar-refractivity contribution is 0.197. The summed E-state index contributed by atoms with van der Waals surface area (Å²) in [5.41, 5.74) is 2.21. The minimum Gasteiger partial charge on any atom is -0.343 e. The van der Waals surface area contributed by atoms with Crippen LogP contribution in [0.1, 0.15) is 46.1 Å². The summed E-state index contributed by atoms with van der Waals surface area (Å²) >= 11 is 0. The lowest BCUT2D eigenvalue weighted by atomic mass is 9.80. The van der Waals surface area contributed by atoms with Crippen LogP contribution in [-0.2, 0) is 6.54 Å². The monoisotopic (exact) mass is 446 g/mol. The van der Waals surface area contributed by atoms with Gasteiger partial charge in [-0.1, -0.05) is 45.9 Å². The number of hydrogen-bond acceptors (Lipinski definition) is 5. The van der Waals surface area contributed by atoms with E-state index in [1.165, 1.54) is 12.8 Å². The number of aliphatic imine (C=N–C) groups is 2. The minimum atomic E-state index is -0.0688. The lowest BCUT2D eigenvalue weighted by Crippen LogP contribution is -2.58. The van der Waals surface area contributed by atoms with Crippen LogP contribution in [0.4, 0.5) is 0 Å². The highest BCUT2D eigenvalue weighted by Crippen LogP contribution is 2.35. The Morgan fingerprint density at radius 3 is 2.64 bits per heavy atom. The number of nitrogens with zero attached hydrogens (tertiary/aromatic N) is 7. The van der Waals surface area contributed by atoms with Gasteiger partial charge in [-0.05, 0) is 41.9 Å². The summed E-state index contributed by atoms with van der Waals surface area (Å²) in [5.74, 6) is 2.69. The maximum atomic E-state index is 5.14. The van der Waals surface area contributed by atoms with Gasteiger partial charge in [0.15, 0.2) is 6.17 Å². The van der Waals surface area contributed by atoms with Gasteiger partial charge < -0.3 is 4.90 Å². The smallest absolute Gasteiger partial charge is 0.224 e. The highest BCUT2D eigenvalue weighted by Gasteiger charge is 2.43. The van der Waals surface area contributed by atoms with Gasteiger partial charge in [0.1, 0.15) is 0 Å². The summed E-state index contributed by atoms with van der Waals surface area (Å²) in [7, 11) is 0. The molecule has 4 heterocycles. The molecule has 0 bridgehead atoms. The number of nitrogens with one attached hydrogen (secondary N) is 1. The van der Waals surface area contributed by atoms with Gasteiger partial charge in [-0.25, -0.2) is 19.7 Å². The van der Waals surface area contributed by atoms with Gasteiger partial charge in [-0.15, -0.1) is 0 Å². The molecule has 2 atom stereocenters. The third kappa shape index (κ3) is 4.38. The molecule has 1 N–H and O–H groups in total. The van der Waals surface area contributed by atoms with Crippen molar-refractivity contribution < 1.29 is 0 Å². The van der Waals surface area contributed by atoms with E-state index in [-0.39, 0.29) is 17.5 Å². The number of piperidine rings is 1. The predicted molar refractivity (Wildman–Crippen MR) is 132 cm³/mol. The molecular formula is C25H34N8. The Kier molecular flexibility index (Phi) is 5.68. The SMILES string of the molecule is CC1CCN(C2=NC3C(C(C)(C)C)C=NN3C(=NCc3ccccc3-n3cccn3)N2)CC1. The molecule has 3 aliphatic heterocycles. The van der Waals surface area contributed by atoms with E-state index in [2.05, 4.69) is 55.1 Å². The summed E-state index contributed by atoms with van der Waals surface area (Å²) in [6, 6.07) is 10.2. The largest absolute Gasteiger partial charge is 0.343 e. The number of hydrazone groups is 1. The van der Waals surface area contributed by atoms with Gasteiger partial charge >= 0.3 is 0 Å². The molecule has 8 heteroatoms. The fourth-order valence-corrected chi connectivity index (χ4v) is 4.67. The maximum absolute atomic E-state index is 5.14. The van der Waals surface area contributed by atoms with Crippen molar-refractivity contribution >= 4 is 18.1 Å². The van der Waals surface area contributed by atoms with Crippen molar-refractivity contribution in [3.63, 3.8) is 0 Å². The number of fused-ring (bicyclic) bond motifs is 1. The van der Waals surface area contributed by atoms with E-state index in [1.807, 2.05) is 40.3 Å². The second-order valence-corrected chi connectivity index (χ2v) is 10.4. The van der Waals surface area contributed by atoms with E-state index in [9.17, 15) is 0 Å². The summed E-state index contributed by atoms with van der Waals surface area (Å²) in [4.78, 5) is 12.5. The zero-order chi connectivity index (χ0) is 23.0. The predicted octanol–water partition coefficient (Wildman–Crippen LogP) is 3.71. The number of rotatable bonds is 3. The second-order valence-electron chi connectivity index (χ2n) is 10.4. The topological polar surface area (TPSA) is 73.4 Å². The highest BCUT2D eigenvalue weighted by molar-refractivity contribution is 6.01. The molecule has 2 unspecified atom stereocenters. The third-order valence-electron chi connectivity index (χ3n) is 6.84. The average Bonchev–Trinajstić information content (AvgIpc) is 3.48. The Morgan fingerprint density at radius 2 is 1.91 bits per heavy atom.